The summed E-state index contributed by atoms with van der Waals surface area (Å²) in [6.07, 6.45) is 2.25. The average Bonchev–Trinajstić information content (AvgIpc) is 2.27. The van der Waals surface area contributed by atoms with Crippen LogP contribution in [0.25, 0.3) is 0 Å². The van der Waals surface area contributed by atoms with Crippen molar-refractivity contribution in [2.75, 3.05) is 14.2 Å². The first-order chi connectivity index (χ1) is 7.17. The highest BCUT2D eigenvalue weighted by atomic mass is 127. The molecular formula is C12H19ClINO. The Labute approximate surface area is 118 Å². The van der Waals surface area contributed by atoms with Crippen molar-refractivity contribution in [3.05, 3.63) is 27.3 Å². The summed E-state index contributed by atoms with van der Waals surface area (Å²) in [6.45, 7) is 2.20. The molecule has 1 rings (SSSR count). The van der Waals surface area contributed by atoms with Gasteiger partial charge in [0.1, 0.15) is 5.75 Å². The fraction of sp³-hybridized carbons (Fsp3) is 0.500. The van der Waals surface area contributed by atoms with Gasteiger partial charge in [-0.1, -0.05) is 0 Å². The van der Waals surface area contributed by atoms with Gasteiger partial charge in [-0.3, -0.25) is 0 Å². The molecule has 16 heavy (non-hydrogen) atoms. The van der Waals surface area contributed by atoms with Crippen LogP contribution in [-0.2, 0) is 6.42 Å². The van der Waals surface area contributed by atoms with E-state index in [2.05, 4.69) is 47.0 Å². The maximum atomic E-state index is 5.22. The number of hydrogen-bond acceptors (Lipinski definition) is 2. The molecule has 0 fully saturated rings. The van der Waals surface area contributed by atoms with Crippen LogP contribution in [0, 0.1) is 3.57 Å². The van der Waals surface area contributed by atoms with Gasteiger partial charge < -0.3 is 10.1 Å². The molecule has 92 valence electrons. The monoisotopic (exact) mass is 355 g/mol. The van der Waals surface area contributed by atoms with Crippen molar-refractivity contribution in [3.8, 4) is 5.75 Å². The van der Waals surface area contributed by atoms with Crippen LogP contribution in [0.1, 0.15) is 18.9 Å². The average molecular weight is 356 g/mol. The minimum Gasteiger partial charge on any atom is -0.497 e. The van der Waals surface area contributed by atoms with Gasteiger partial charge in [0, 0.05) is 9.61 Å². The molecule has 0 saturated carbocycles. The summed E-state index contributed by atoms with van der Waals surface area (Å²) in [7, 11) is 3.71. The normalized spacial score (nSPS) is 11.8. The van der Waals surface area contributed by atoms with Crippen molar-refractivity contribution in [1.29, 1.82) is 0 Å². The molecule has 1 aromatic carbocycles. The predicted molar refractivity (Wildman–Crippen MR) is 79.8 cm³/mol. The van der Waals surface area contributed by atoms with Crippen molar-refractivity contribution < 1.29 is 4.74 Å². The van der Waals surface area contributed by atoms with Gasteiger partial charge in [0.25, 0.3) is 0 Å². The molecule has 0 radical (unpaired) electrons. The van der Waals surface area contributed by atoms with E-state index >= 15 is 0 Å². The van der Waals surface area contributed by atoms with E-state index in [1.54, 1.807) is 7.11 Å². The third-order valence-electron chi connectivity index (χ3n) is 2.59. The Bertz CT molecular complexity index is 320. The highest BCUT2D eigenvalue weighted by molar-refractivity contribution is 14.1. The first-order valence-electron chi connectivity index (χ1n) is 5.17. The highest BCUT2D eigenvalue weighted by Crippen LogP contribution is 2.20. The van der Waals surface area contributed by atoms with E-state index in [1.165, 1.54) is 9.13 Å². The summed E-state index contributed by atoms with van der Waals surface area (Å²) in [5.41, 5.74) is 1.37. The first-order valence-corrected chi connectivity index (χ1v) is 6.25. The smallest absolute Gasteiger partial charge is 0.119 e. The third kappa shape index (κ3) is 4.89. The molecular weight excluding hydrogens is 336 g/mol. The van der Waals surface area contributed by atoms with Gasteiger partial charge in [-0.25, -0.2) is 0 Å². The largest absolute Gasteiger partial charge is 0.497 e. The van der Waals surface area contributed by atoms with Crippen LogP contribution < -0.4 is 10.1 Å². The standard InChI is InChI=1S/C12H18INO.ClH/c1-9(14-2)4-5-10-8-11(15-3)6-7-12(10)13;/h6-9,14H,4-5H2,1-3H3;1H. The molecule has 0 aliphatic rings. The van der Waals surface area contributed by atoms with Gasteiger partial charge in [0.05, 0.1) is 7.11 Å². The summed E-state index contributed by atoms with van der Waals surface area (Å²) >= 11 is 2.38. The van der Waals surface area contributed by atoms with Gasteiger partial charge >= 0.3 is 0 Å². The van der Waals surface area contributed by atoms with Crippen LogP contribution in [0.15, 0.2) is 18.2 Å². The molecule has 0 aromatic heterocycles. The third-order valence-corrected chi connectivity index (χ3v) is 3.64. The number of nitrogens with one attached hydrogen (secondary N) is 1. The number of halogens is 2. The van der Waals surface area contributed by atoms with Crippen LogP contribution in [0.3, 0.4) is 0 Å². The van der Waals surface area contributed by atoms with Gasteiger partial charge in [0.2, 0.25) is 0 Å². The maximum Gasteiger partial charge on any atom is 0.119 e. The summed E-state index contributed by atoms with van der Waals surface area (Å²) in [5, 5.41) is 3.25. The number of ether oxygens (including phenoxy) is 1. The number of benzene rings is 1. The van der Waals surface area contributed by atoms with Crippen LogP contribution >= 0.6 is 35.0 Å². The molecule has 0 bridgehead atoms. The minimum absolute atomic E-state index is 0. The number of methoxy groups -OCH3 is 1. The molecule has 0 aliphatic heterocycles. The van der Waals surface area contributed by atoms with E-state index in [-0.39, 0.29) is 12.4 Å². The van der Waals surface area contributed by atoms with E-state index in [4.69, 9.17) is 4.74 Å². The Morgan fingerprint density at radius 3 is 2.69 bits per heavy atom. The van der Waals surface area contributed by atoms with Crippen LogP contribution in [0.5, 0.6) is 5.75 Å². The van der Waals surface area contributed by atoms with Crippen LogP contribution in [-0.4, -0.2) is 20.2 Å². The molecule has 2 nitrogen and oxygen atoms in total. The second kappa shape index (κ2) is 8.14. The second-order valence-corrected chi connectivity index (χ2v) is 4.85. The summed E-state index contributed by atoms with van der Waals surface area (Å²) in [6, 6.07) is 6.81. The van der Waals surface area contributed by atoms with Gasteiger partial charge in [0.15, 0.2) is 0 Å². The summed E-state index contributed by atoms with van der Waals surface area (Å²) in [5.74, 6) is 0.947. The lowest BCUT2D eigenvalue weighted by molar-refractivity contribution is 0.414. The topological polar surface area (TPSA) is 21.3 Å². The van der Waals surface area contributed by atoms with E-state index in [1.807, 2.05) is 13.1 Å². The van der Waals surface area contributed by atoms with E-state index in [9.17, 15) is 0 Å². The van der Waals surface area contributed by atoms with Crippen LogP contribution in [0.4, 0.5) is 0 Å². The second-order valence-electron chi connectivity index (χ2n) is 3.69. The summed E-state index contributed by atoms with van der Waals surface area (Å²) in [4.78, 5) is 0. The van der Waals surface area contributed by atoms with Gasteiger partial charge in [-0.15, -0.1) is 12.4 Å². The van der Waals surface area contributed by atoms with Gasteiger partial charge in [-0.05, 0) is 73.2 Å². The zero-order valence-electron chi connectivity index (χ0n) is 9.92. The minimum atomic E-state index is 0. The molecule has 1 unspecified atom stereocenters. The molecule has 4 heteroatoms. The first kappa shape index (κ1) is 16.0. The number of aryl methyl sites for hydroxylation is 1. The fourth-order valence-electron chi connectivity index (χ4n) is 1.39. The fourth-order valence-corrected chi connectivity index (χ4v) is 1.99. The highest BCUT2D eigenvalue weighted by Gasteiger charge is 2.04. The lowest BCUT2D eigenvalue weighted by Crippen LogP contribution is -2.21. The SMILES string of the molecule is CNC(C)CCc1cc(OC)ccc1I.Cl. The van der Waals surface area contributed by atoms with Crippen molar-refractivity contribution in [2.24, 2.45) is 0 Å². The Kier molecular flexibility index (Phi) is 8.14. The Morgan fingerprint density at radius 2 is 2.12 bits per heavy atom. The number of rotatable bonds is 5. The quantitative estimate of drug-likeness (QED) is 0.819. The van der Waals surface area contributed by atoms with Crippen molar-refractivity contribution in [1.82, 2.24) is 5.32 Å². The lowest BCUT2D eigenvalue weighted by Gasteiger charge is -2.11. The van der Waals surface area contributed by atoms with Crippen LogP contribution in [0.2, 0.25) is 0 Å². The van der Waals surface area contributed by atoms with Crippen molar-refractivity contribution in [3.63, 3.8) is 0 Å². The van der Waals surface area contributed by atoms with Crippen molar-refractivity contribution in [2.45, 2.75) is 25.8 Å². The van der Waals surface area contributed by atoms with Gasteiger partial charge in [-0.2, -0.15) is 0 Å². The van der Waals surface area contributed by atoms with E-state index in [0.717, 1.165) is 18.6 Å². The zero-order chi connectivity index (χ0) is 11.3. The molecule has 0 saturated heterocycles. The Hall–Kier alpha value is -0.0000000000000000555. The molecule has 1 N–H and O–H groups in total. The van der Waals surface area contributed by atoms with E-state index in [0.29, 0.717) is 6.04 Å². The molecule has 0 amide bonds. The Balaban J connectivity index is 0.00000225. The zero-order valence-corrected chi connectivity index (χ0v) is 12.9. The molecule has 1 atom stereocenters. The molecule has 0 spiro atoms. The number of hydrogen-bond donors (Lipinski definition) is 1. The summed E-state index contributed by atoms with van der Waals surface area (Å²) < 4.78 is 6.54. The molecule has 0 heterocycles. The maximum absolute atomic E-state index is 5.22. The van der Waals surface area contributed by atoms with E-state index < -0.39 is 0 Å². The lowest BCUT2D eigenvalue weighted by atomic mass is 10.1. The van der Waals surface area contributed by atoms with Crippen molar-refractivity contribution >= 4 is 35.0 Å². The Morgan fingerprint density at radius 1 is 1.44 bits per heavy atom. The molecule has 1 aromatic rings. The molecule has 0 aliphatic carbocycles. The predicted octanol–water partition coefficient (Wildman–Crippen LogP) is 3.26.